The Bertz CT molecular complexity index is 3390. The smallest absolute Gasteiger partial charge is 0.159 e. The van der Waals surface area contributed by atoms with E-state index in [9.17, 15) is 0 Å². The number of benzene rings is 8. The lowest BCUT2D eigenvalue weighted by atomic mass is 10.00. The summed E-state index contributed by atoms with van der Waals surface area (Å²) in [5.41, 5.74) is 10.5. The van der Waals surface area contributed by atoms with Crippen molar-refractivity contribution in [2.45, 2.75) is 6.17 Å². The van der Waals surface area contributed by atoms with Crippen LogP contribution in [-0.2, 0) is 0 Å². The average Bonchev–Trinajstić information content (AvgIpc) is 3.96. The number of amidine groups is 2. The lowest BCUT2D eigenvalue weighted by molar-refractivity contribution is 0.668. The van der Waals surface area contributed by atoms with Crippen molar-refractivity contribution in [2.75, 3.05) is 0 Å². The molecule has 8 aromatic carbocycles. The van der Waals surface area contributed by atoms with Crippen molar-refractivity contribution in [2.24, 2.45) is 9.98 Å². The third-order valence-corrected chi connectivity index (χ3v) is 12.5. The van der Waals surface area contributed by atoms with Gasteiger partial charge in [0.1, 0.15) is 23.2 Å². The third kappa shape index (κ3) is 5.08. The second kappa shape index (κ2) is 12.6. The summed E-state index contributed by atoms with van der Waals surface area (Å²) in [6.45, 7) is 0. The lowest BCUT2D eigenvalue weighted by Gasteiger charge is -2.23. The number of furan rings is 1. The molecule has 12 rings (SSSR count). The van der Waals surface area contributed by atoms with E-state index in [1.165, 1.54) is 47.5 Å². The minimum atomic E-state index is -0.272. The molecule has 1 aliphatic heterocycles. The molecule has 0 aliphatic carbocycles. The number of aliphatic imine (C=N–C) groups is 2. The predicted molar refractivity (Wildman–Crippen MR) is 238 cm³/mol. The molecule has 0 fully saturated rings. The van der Waals surface area contributed by atoms with Crippen LogP contribution in [0.1, 0.15) is 22.9 Å². The van der Waals surface area contributed by atoms with Gasteiger partial charge in [-0.05, 0) is 48.0 Å². The Kier molecular flexibility index (Phi) is 7.09. The maximum Gasteiger partial charge on any atom is 0.159 e. The van der Waals surface area contributed by atoms with Gasteiger partial charge in [0, 0.05) is 69.7 Å². The molecule has 1 unspecified atom stereocenters. The van der Waals surface area contributed by atoms with Crippen LogP contribution in [0, 0.1) is 0 Å². The standard InChI is InChI=1S/C51H32N4OS/c1-3-13-31(14-4-1)49-52-50(32-15-5-2-6-16-32)54-51(53-49)33-25-27-37-38-19-11-20-39(47(38)56-45(37)29-33)40-21-12-22-41-42-30-34(26-28-46(42)57-48(40)41)55-43-23-9-7-17-35(43)36-18-8-10-24-44(36)55/h1-30,49H,(H,52,53,54). The minimum Gasteiger partial charge on any atom is -0.455 e. The highest BCUT2D eigenvalue weighted by molar-refractivity contribution is 7.26. The molecule has 0 spiro atoms. The first kappa shape index (κ1) is 32.0. The van der Waals surface area contributed by atoms with Gasteiger partial charge in [-0.1, -0.05) is 140 Å². The highest BCUT2D eigenvalue weighted by Crippen LogP contribution is 2.44. The molecule has 0 saturated heterocycles. The SMILES string of the molecule is c1ccc(C2=NC(c3ccc4c(c3)oc3c(-c5cccc6c5sc5ccc(-n7c8ccccc8c8ccccc87)cc56)cccc34)=NC(c3ccccc3)N2)cc1. The van der Waals surface area contributed by atoms with Gasteiger partial charge in [-0.15, -0.1) is 11.3 Å². The first-order chi connectivity index (χ1) is 28.2. The summed E-state index contributed by atoms with van der Waals surface area (Å²) in [7, 11) is 0. The fraction of sp³-hybridized carbons (Fsp3) is 0.0196. The summed E-state index contributed by atoms with van der Waals surface area (Å²) < 4.78 is 11.8. The highest BCUT2D eigenvalue weighted by Gasteiger charge is 2.23. The van der Waals surface area contributed by atoms with Crippen molar-refractivity contribution < 1.29 is 4.42 Å². The maximum atomic E-state index is 6.85. The van der Waals surface area contributed by atoms with Crippen molar-refractivity contribution in [1.29, 1.82) is 0 Å². The molecule has 1 N–H and O–H groups in total. The average molecular weight is 749 g/mol. The molecule has 268 valence electrons. The lowest BCUT2D eigenvalue weighted by Crippen LogP contribution is -2.33. The number of nitrogens with zero attached hydrogens (tertiary/aromatic N) is 3. The van der Waals surface area contributed by atoms with Gasteiger partial charge in [-0.2, -0.15) is 0 Å². The summed E-state index contributed by atoms with van der Waals surface area (Å²) in [6, 6.07) is 64.3. The van der Waals surface area contributed by atoms with Crippen LogP contribution in [0.25, 0.3) is 80.7 Å². The first-order valence-electron chi connectivity index (χ1n) is 19.2. The number of hydrogen-bond donors (Lipinski definition) is 1. The molecule has 11 aromatic rings. The van der Waals surface area contributed by atoms with Crippen LogP contribution in [0.2, 0.25) is 0 Å². The van der Waals surface area contributed by atoms with Crippen molar-refractivity contribution >= 4 is 86.9 Å². The van der Waals surface area contributed by atoms with Gasteiger partial charge in [0.25, 0.3) is 0 Å². The molecule has 3 aromatic heterocycles. The van der Waals surface area contributed by atoms with E-state index in [1.54, 1.807) is 0 Å². The normalized spacial score (nSPS) is 14.5. The van der Waals surface area contributed by atoms with Gasteiger partial charge in [0.2, 0.25) is 0 Å². The van der Waals surface area contributed by atoms with Crippen molar-refractivity contribution in [3.05, 3.63) is 199 Å². The maximum absolute atomic E-state index is 6.85. The van der Waals surface area contributed by atoms with E-state index >= 15 is 0 Å². The fourth-order valence-electron chi connectivity index (χ4n) is 8.62. The number of thiophene rings is 1. The van der Waals surface area contributed by atoms with E-state index in [4.69, 9.17) is 14.4 Å². The molecule has 6 heteroatoms. The van der Waals surface area contributed by atoms with Gasteiger partial charge in [-0.3, -0.25) is 0 Å². The number of hydrogen-bond acceptors (Lipinski definition) is 5. The predicted octanol–water partition coefficient (Wildman–Crippen LogP) is 13.2. The van der Waals surface area contributed by atoms with E-state index in [0.29, 0.717) is 5.84 Å². The van der Waals surface area contributed by atoms with Crippen molar-refractivity contribution in [1.82, 2.24) is 9.88 Å². The Hall–Kier alpha value is -7.28. The van der Waals surface area contributed by atoms with Gasteiger partial charge < -0.3 is 14.3 Å². The zero-order chi connectivity index (χ0) is 37.5. The topological polar surface area (TPSA) is 54.8 Å². The van der Waals surface area contributed by atoms with Crippen molar-refractivity contribution in [3.8, 4) is 16.8 Å². The molecule has 0 bridgehead atoms. The molecule has 57 heavy (non-hydrogen) atoms. The molecule has 1 atom stereocenters. The molecule has 1 aliphatic rings. The van der Waals surface area contributed by atoms with Crippen LogP contribution in [0.3, 0.4) is 0 Å². The molecular weight excluding hydrogens is 717 g/mol. The summed E-state index contributed by atoms with van der Waals surface area (Å²) in [6.07, 6.45) is -0.272. The van der Waals surface area contributed by atoms with Gasteiger partial charge >= 0.3 is 0 Å². The van der Waals surface area contributed by atoms with Crippen LogP contribution < -0.4 is 5.32 Å². The second-order valence-electron chi connectivity index (χ2n) is 14.6. The Labute approximate surface area is 331 Å². The van der Waals surface area contributed by atoms with Crippen LogP contribution in [0.5, 0.6) is 0 Å². The zero-order valence-electron chi connectivity index (χ0n) is 30.6. The number of fused-ring (bicyclic) bond motifs is 9. The van der Waals surface area contributed by atoms with Crippen LogP contribution in [0.4, 0.5) is 0 Å². The molecular formula is C51H32N4OS. The Morgan fingerprint density at radius 3 is 2.00 bits per heavy atom. The minimum absolute atomic E-state index is 0.272. The quantitative estimate of drug-likeness (QED) is 0.191. The summed E-state index contributed by atoms with van der Waals surface area (Å²) >= 11 is 1.84. The van der Waals surface area contributed by atoms with Crippen molar-refractivity contribution in [3.63, 3.8) is 0 Å². The third-order valence-electron chi connectivity index (χ3n) is 11.3. The highest BCUT2D eigenvalue weighted by atomic mass is 32.1. The van der Waals surface area contributed by atoms with E-state index in [-0.39, 0.29) is 6.17 Å². The van der Waals surface area contributed by atoms with Crippen LogP contribution >= 0.6 is 11.3 Å². The Balaban J connectivity index is 0.983. The number of rotatable bonds is 5. The summed E-state index contributed by atoms with van der Waals surface area (Å²) in [4.78, 5) is 10.2. The molecule has 4 heterocycles. The van der Waals surface area contributed by atoms with Gasteiger partial charge in [0.05, 0.1) is 11.0 Å². The van der Waals surface area contributed by atoms with E-state index in [2.05, 4.69) is 155 Å². The summed E-state index contributed by atoms with van der Waals surface area (Å²) in [5.74, 6) is 1.46. The Morgan fingerprint density at radius 2 is 1.21 bits per heavy atom. The molecule has 0 saturated carbocycles. The monoisotopic (exact) mass is 748 g/mol. The molecule has 0 radical (unpaired) electrons. The van der Waals surface area contributed by atoms with E-state index in [0.717, 1.165) is 55.7 Å². The molecule has 5 nitrogen and oxygen atoms in total. The molecule has 0 amide bonds. The first-order valence-corrected chi connectivity index (χ1v) is 20.0. The van der Waals surface area contributed by atoms with E-state index < -0.39 is 0 Å². The van der Waals surface area contributed by atoms with Crippen LogP contribution in [0.15, 0.2) is 196 Å². The second-order valence-corrected chi connectivity index (χ2v) is 15.6. The number of nitrogens with one attached hydrogen (secondary N) is 1. The van der Waals surface area contributed by atoms with Gasteiger partial charge in [-0.25, -0.2) is 9.98 Å². The largest absolute Gasteiger partial charge is 0.455 e. The zero-order valence-corrected chi connectivity index (χ0v) is 31.4. The van der Waals surface area contributed by atoms with Crippen LogP contribution in [-0.4, -0.2) is 16.2 Å². The van der Waals surface area contributed by atoms with Gasteiger partial charge in [0.15, 0.2) is 5.84 Å². The Morgan fingerprint density at radius 1 is 0.526 bits per heavy atom. The fourth-order valence-corrected chi connectivity index (χ4v) is 9.83. The number of aromatic nitrogens is 1. The summed E-state index contributed by atoms with van der Waals surface area (Å²) in [5, 5.41) is 10.7. The van der Waals surface area contributed by atoms with E-state index in [1.807, 2.05) is 47.7 Å². The number of para-hydroxylation sites is 3.